The third-order valence-corrected chi connectivity index (χ3v) is 4.78. The van der Waals surface area contributed by atoms with E-state index in [9.17, 15) is 19.1 Å². The van der Waals surface area contributed by atoms with Crippen molar-refractivity contribution in [1.29, 1.82) is 0 Å². The largest absolute Gasteiger partial charge is 0.495 e. The van der Waals surface area contributed by atoms with Gasteiger partial charge in [-0.25, -0.2) is 9.18 Å². The molecule has 0 aliphatic rings. The van der Waals surface area contributed by atoms with Gasteiger partial charge in [0.25, 0.3) is 5.91 Å². The number of carboxylic acids is 1. The van der Waals surface area contributed by atoms with Crippen LogP contribution in [0.2, 0.25) is 10.0 Å². The third-order valence-electron chi connectivity index (χ3n) is 4.17. The SMILES string of the molecule is COc1cc(-c2cc(F)c(NC(=O)c3ccccc3C(=O)O)c(Cl)c2)ccc1Cl. The summed E-state index contributed by atoms with van der Waals surface area (Å²) in [5.41, 5.74) is 0.502. The van der Waals surface area contributed by atoms with Crippen LogP contribution in [0.3, 0.4) is 0 Å². The fourth-order valence-electron chi connectivity index (χ4n) is 2.75. The molecule has 29 heavy (non-hydrogen) atoms. The first-order valence-corrected chi connectivity index (χ1v) is 9.04. The molecule has 3 aromatic rings. The zero-order valence-electron chi connectivity index (χ0n) is 15.0. The van der Waals surface area contributed by atoms with Gasteiger partial charge in [0.1, 0.15) is 11.6 Å². The number of carboxylic acid groups (broad SMARTS) is 1. The lowest BCUT2D eigenvalue weighted by molar-refractivity contribution is 0.0692. The molecule has 0 spiro atoms. The number of carbonyl (C=O) groups is 2. The van der Waals surface area contributed by atoms with E-state index < -0.39 is 17.7 Å². The molecule has 0 heterocycles. The average Bonchev–Trinajstić information content (AvgIpc) is 2.70. The van der Waals surface area contributed by atoms with Crippen molar-refractivity contribution in [3.8, 4) is 16.9 Å². The number of nitrogens with one attached hydrogen (secondary N) is 1. The molecular formula is C21H14Cl2FNO4. The molecule has 1 amide bonds. The van der Waals surface area contributed by atoms with Crippen molar-refractivity contribution in [1.82, 2.24) is 0 Å². The quantitative estimate of drug-likeness (QED) is 0.536. The van der Waals surface area contributed by atoms with Gasteiger partial charge < -0.3 is 15.2 Å². The zero-order valence-corrected chi connectivity index (χ0v) is 16.5. The average molecular weight is 434 g/mol. The highest BCUT2D eigenvalue weighted by molar-refractivity contribution is 6.34. The van der Waals surface area contributed by atoms with Crippen molar-refractivity contribution in [2.24, 2.45) is 0 Å². The van der Waals surface area contributed by atoms with Crippen LogP contribution in [0.25, 0.3) is 11.1 Å². The Bertz CT molecular complexity index is 1090. The molecule has 0 saturated carbocycles. The van der Waals surface area contributed by atoms with Gasteiger partial charge in [-0.05, 0) is 47.5 Å². The van der Waals surface area contributed by atoms with E-state index >= 15 is 0 Å². The number of halogens is 3. The van der Waals surface area contributed by atoms with Crippen molar-refractivity contribution in [3.63, 3.8) is 0 Å². The predicted molar refractivity (Wildman–Crippen MR) is 110 cm³/mol. The van der Waals surface area contributed by atoms with Gasteiger partial charge in [0, 0.05) is 0 Å². The number of hydrogen-bond donors (Lipinski definition) is 2. The van der Waals surface area contributed by atoms with Crippen LogP contribution in [-0.2, 0) is 0 Å². The van der Waals surface area contributed by atoms with Gasteiger partial charge in [-0.15, -0.1) is 0 Å². The molecule has 0 fully saturated rings. The van der Waals surface area contributed by atoms with Crippen molar-refractivity contribution in [2.45, 2.75) is 0 Å². The molecule has 3 rings (SSSR count). The normalized spacial score (nSPS) is 10.5. The zero-order chi connectivity index (χ0) is 21.1. The van der Waals surface area contributed by atoms with Crippen molar-refractivity contribution in [3.05, 3.63) is 81.6 Å². The number of benzene rings is 3. The summed E-state index contributed by atoms with van der Waals surface area (Å²) in [5.74, 6) is -2.41. The second-order valence-corrected chi connectivity index (χ2v) is 6.78. The van der Waals surface area contributed by atoms with E-state index in [-0.39, 0.29) is 21.8 Å². The molecule has 0 atom stereocenters. The Morgan fingerprint density at radius 1 is 0.966 bits per heavy atom. The number of methoxy groups -OCH3 is 1. The van der Waals surface area contributed by atoms with E-state index in [0.717, 1.165) is 0 Å². The molecule has 3 aromatic carbocycles. The lowest BCUT2D eigenvalue weighted by Crippen LogP contribution is -2.17. The van der Waals surface area contributed by atoms with Crippen LogP contribution in [-0.4, -0.2) is 24.1 Å². The lowest BCUT2D eigenvalue weighted by Gasteiger charge is -2.13. The van der Waals surface area contributed by atoms with E-state index in [1.807, 2.05) is 0 Å². The lowest BCUT2D eigenvalue weighted by atomic mass is 10.0. The van der Waals surface area contributed by atoms with Gasteiger partial charge in [-0.3, -0.25) is 4.79 Å². The molecule has 0 saturated heterocycles. The topological polar surface area (TPSA) is 75.6 Å². The number of rotatable bonds is 5. The molecule has 0 bridgehead atoms. The second kappa shape index (κ2) is 8.51. The van der Waals surface area contributed by atoms with E-state index in [1.54, 1.807) is 18.2 Å². The summed E-state index contributed by atoms with van der Waals surface area (Å²) in [6.07, 6.45) is 0. The summed E-state index contributed by atoms with van der Waals surface area (Å²) in [6.45, 7) is 0. The maximum absolute atomic E-state index is 14.7. The summed E-state index contributed by atoms with van der Waals surface area (Å²) < 4.78 is 19.9. The minimum absolute atomic E-state index is 0.0462. The van der Waals surface area contributed by atoms with Gasteiger partial charge in [0.15, 0.2) is 0 Å². The Hall–Kier alpha value is -3.09. The van der Waals surface area contributed by atoms with E-state index in [1.165, 1.54) is 43.5 Å². The van der Waals surface area contributed by atoms with Crippen LogP contribution < -0.4 is 10.1 Å². The molecular weight excluding hydrogens is 420 g/mol. The second-order valence-electron chi connectivity index (χ2n) is 5.97. The maximum Gasteiger partial charge on any atom is 0.336 e. The number of amides is 1. The van der Waals surface area contributed by atoms with Crippen LogP contribution in [0.1, 0.15) is 20.7 Å². The Morgan fingerprint density at radius 2 is 1.66 bits per heavy atom. The van der Waals surface area contributed by atoms with Gasteiger partial charge in [0.05, 0.1) is 34.0 Å². The number of anilines is 1. The van der Waals surface area contributed by atoms with Crippen LogP contribution >= 0.6 is 23.2 Å². The molecule has 0 radical (unpaired) electrons. The van der Waals surface area contributed by atoms with E-state index in [0.29, 0.717) is 21.9 Å². The molecule has 0 aromatic heterocycles. The predicted octanol–water partition coefficient (Wildman–Crippen LogP) is 5.76. The Kier molecular flexibility index (Phi) is 6.06. The summed E-state index contributed by atoms with van der Waals surface area (Å²) >= 11 is 12.2. The van der Waals surface area contributed by atoms with Crippen molar-refractivity contribution >= 4 is 40.8 Å². The molecule has 0 unspecified atom stereocenters. The van der Waals surface area contributed by atoms with Crippen LogP contribution in [0, 0.1) is 5.82 Å². The highest BCUT2D eigenvalue weighted by Gasteiger charge is 2.19. The molecule has 0 aliphatic carbocycles. The number of hydrogen-bond acceptors (Lipinski definition) is 3. The molecule has 5 nitrogen and oxygen atoms in total. The fourth-order valence-corrected chi connectivity index (χ4v) is 3.20. The highest BCUT2D eigenvalue weighted by atomic mass is 35.5. The Morgan fingerprint density at radius 3 is 2.28 bits per heavy atom. The van der Waals surface area contributed by atoms with Gasteiger partial charge in [0.2, 0.25) is 0 Å². The van der Waals surface area contributed by atoms with Gasteiger partial charge >= 0.3 is 5.97 Å². The molecule has 2 N–H and O–H groups in total. The standard InChI is InChI=1S/C21H14Cl2FNO4/c1-29-18-10-11(6-7-15(18)22)12-8-16(23)19(17(24)9-12)25-20(26)13-4-2-3-5-14(13)21(27)28/h2-10H,1H3,(H,25,26)(H,27,28). The highest BCUT2D eigenvalue weighted by Crippen LogP contribution is 2.35. The van der Waals surface area contributed by atoms with Crippen LogP contribution in [0.4, 0.5) is 10.1 Å². The van der Waals surface area contributed by atoms with Crippen LogP contribution in [0.5, 0.6) is 5.75 Å². The minimum atomic E-state index is -1.27. The minimum Gasteiger partial charge on any atom is -0.495 e. The maximum atomic E-state index is 14.7. The number of aromatic carboxylic acids is 1. The fraction of sp³-hybridized carbons (Fsp3) is 0.0476. The summed E-state index contributed by atoms with van der Waals surface area (Å²) in [6, 6.07) is 13.2. The summed E-state index contributed by atoms with van der Waals surface area (Å²) in [5, 5.41) is 11.9. The summed E-state index contributed by atoms with van der Waals surface area (Å²) in [4.78, 5) is 23.8. The molecule has 148 valence electrons. The van der Waals surface area contributed by atoms with E-state index in [4.69, 9.17) is 27.9 Å². The Balaban J connectivity index is 1.95. The first-order chi connectivity index (χ1) is 13.8. The molecule has 8 heteroatoms. The molecule has 0 aliphatic heterocycles. The third kappa shape index (κ3) is 4.34. The van der Waals surface area contributed by atoms with Crippen molar-refractivity contribution < 1.29 is 23.8 Å². The Labute approximate surface area is 175 Å². The first-order valence-electron chi connectivity index (χ1n) is 8.28. The number of ether oxygens (including phenoxy) is 1. The van der Waals surface area contributed by atoms with Gasteiger partial charge in [-0.2, -0.15) is 0 Å². The monoisotopic (exact) mass is 433 g/mol. The van der Waals surface area contributed by atoms with Crippen LogP contribution in [0.15, 0.2) is 54.6 Å². The van der Waals surface area contributed by atoms with E-state index in [2.05, 4.69) is 5.32 Å². The number of carbonyl (C=O) groups excluding carboxylic acids is 1. The first kappa shape index (κ1) is 20.6. The smallest absolute Gasteiger partial charge is 0.336 e. The van der Waals surface area contributed by atoms with Gasteiger partial charge in [-0.1, -0.05) is 41.4 Å². The van der Waals surface area contributed by atoms with Crippen molar-refractivity contribution in [2.75, 3.05) is 12.4 Å². The summed E-state index contributed by atoms with van der Waals surface area (Å²) in [7, 11) is 1.46.